The molecule has 0 saturated carbocycles. The first-order valence-corrected chi connectivity index (χ1v) is 6.23. The third kappa shape index (κ3) is 2.15. The lowest BCUT2D eigenvalue weighted by Gasteiger charge is -2.12. The Kier molecular flexibility index (Phi) is 3.50. The van der Waals surface area contributed by atoms with E-state index in [1.54, 1.807) is 0 Å². The molecule has 0 aromatic heterocycles. The van der Waals surface area contributed by atoms with E-state index in [0.29, 0.717) is 6.07 Å². The van der Waals surface area contributed by atoms with Crippen LogP contribution in [0.1, 0.15) is 0 Å². The minimum atomic E-state index is -2.11. The molecular formula is C16H5F7. The molecule has 0 heterocycles. The van der Waals surface area contributed by atoms with E-state index >= 15 is 0 Å². The van der Waals surface area contributed by atoms with Crippen LogP contribution in [0.2, 0.25) is 0 Å². The van der Waals surface area contributed by atoms with Gasteiger partial charge in [0, 0.05) is 11.1 Å². The maximum atomic E-state index is 14.1. The summed E-state index contributed by atoms with van der Waals surface area (Å²) in [7, 11) is 0. The fraction of sp³-hybridized carbons (Fsp3) is 0. The van der Waals surface area contributed by atoms with Gasteiger partial charge >= 0.3 is 0 Å². The fourth-order valence-electron chi connectivity index (χ4n) is 2.37. The van der Waals surface area contributed by atoms with E-state index in [2.05, 4.69) is 0 Å². The Morgan fingerprint density at radius 1 is 0.522 bits per heavy atom. The second kappa shape index (κ2) is 5.26. The number of hydrogen-bond donors (Lipinski definition) is 0. The summed E-state index contributed by atoms with van der Waals surface area (Å²) in [5, 5.41) is -1.80. The Morgan fingerprint density at radius 3 is 1.87 bits per heavy atom. The zero-order valence-corrected chi connectivity index (χ0v) is 11.0. The largest absolute Gasteiger partial charge is 0.204 e. The van der Waals surface area contributed by atoms with E-state index < -0.39 is 62.6 Å². The third-order valence-electron chi connectivity index (χ3n) is 3.41. The van der Waals surface area contributed by atoms with Gasteiger partial charge in [-0.05, 0) is 17.5 Å². The van der Waals surface area contributed by atoms with Gasteiger partial charge in [0.2, 0.25) is 0 Å². The Labute approximate surface area is 124 Å². The van der Waals surface area contributed by atoms with Crippen LogP contribution in [0.15, 0.2) is 30.3 Å². The Balaban J connectivity index is 2.56. The van der Waals surface area contributed by atoms with Crippen LogP contribution in [0.3, 0.4) is 0 Å². The summed E-state index contributed by atoms with van der Waals surface area (Å²) >= 11 is 0. The number of halogens is 7. The topological polar surface area (TPSA) is 0 Å². The van der Waals surface area contributed by atoms with Crippen LogP contribution in [-0.2, 0) is 0 Å². The van der Waals surface area contributed by atoms with Gasteiger partial charge in [-0.3, -0.25) is 0 Å². The quantitative estimate of drug-likeness (QED) is 0.409. The van der Waals surface area contributed by atoms with Crippen LogP contribution in [0.5, 0.6) is 0 Å². The van der Waals surface area contributed by atoms with Crippen molar-refractivity contribution in [3.63, 3.8) is 0 Å². The molecule has 0 atom stereocenters. The standard InChI is InChI=1S/C16H5F7/c17-8-3-1-2-7(12(8)19)10-6-4-5-9(18)13(20)11(6)15(22)16(23)14(10)21/h1-5H. The Bertz CT molecular complexity index is 947. The number of rotatable bonds is 1. The molecule has 3 aromatic carbocycles. The fourth-order valence-corrected chi connectivity index (χ4v) is 2.37. The van der Waals surface area contributed by atoms with Crippen LogP contribution in [0.25, 0.3) is 21.9 Å². The van der Waals surface area contributed by atoms with Gasteiger partial charge in [-0.2, -0.15) is 0 Å². The second-order valence-electron chi connectivity index (χ2n) is 4.70. The first-order valence-electron chi connectivity index (χ1n) is 6.23. The summed E-state index contributed by atoms with van der Waals surface area (Å²) in [6, 6.07) is 3.97. The van der Waals surface area contributed by atoms with Crippen LogP contribution < -0.4 is 0 Å². The maximum absolute atomic E-state index is 14.1. The first kappa shape index (κ1) is 15.3. The molecule has 0 nitrogen and oxygen atoms in total. The minimum Gasteiger partial charge on any atom is -0.204 e. The highest BCUT2D eigenvalue weighted by Gasteiger charge is 2.26. The van der Waals surface area contributed by atoms with Crippen molar-refractivity contribution in [2.75, 3.05) is 0 Å². The molecule has 0 bridgehead atoms. The highest BCUT2D eigenvalue weighted by Crippen LogP contribution is 2.38. The molecule has 0 saturated heterocycles. The summed E-state index contributed by atoms with van der Waals surface area (Å²) in [6.45, 7) is 0. The summed E-state index contributed by atoms with van der Waals surface area (Å²) < 4.78 is 95.8. The van der Waals surface area contributed by atoms with Crippen molar-refractivity contribution in [3.8, 4) is 11.1 Å². The van der Waals surface area contributed by atoms with E-state index in [9.17, 15) is 30.7 Å². The molecular weight excluding hydrogens is 325 g/mol. The average molecular weight is 330 g/mol. The van der Waals surface area contributed by atoms with Crippen LogP contribution in [0, 0.1) is 40.7 Å². The van der Waals surface area contributed by atoms with Gasteiger partial charge in [0.25, 0.3) is 0 Å². The number of benzene rings is 3. The molecule has 0 fully saturated rings. The van der Waals surface area contributed by atoms with Gasteiger partial charge in [-0.1, -0.05) is 18.2 Å². The summed E-state index contributed by atoms with van der Waals surface area (Å²) in [5.74, 6) is -12.0. The van der Waals surface area contributed by atoms with Gasteiger partial charge < -0.3 is 0 Å². The second-order valence-corrected chi connectivity index (χ2v) is 4.70. The van der Waals surface area contributed by atoms with Crippen LogP contribution in [-0.4, -0.2) is 0 Å². The van der Waals surface area contributed by atoms with E-state index in [4.69, 9.17) is 0 Å². The zero-order chi connectivity index (χ0) is 16.9. The Morgan fingerprint density at radius 2 is 1.17 bits per heavy atom. The summed E-state index contributed by atoms with van der Waals surface area (Å²) in [6.07, 6.45) is 0. The molecule has 0 N–H and O–H groups in total. The zero-order valence-electron chi connectivity index (χ0n) is 11.0. The van der Waals surface area contributed by atoms with E-state index in [-0.39, 0.29) is 0 Å². The SMILES string of the molecule is Fc1cccc(-c2c(F)c(F)c(F)c3c(F)c(F)ccc23)c1F. The van der Waals surface area contributed by atoms with E-state index in [0.717, 1.165) is 24.3 Å². The summed E-state index contributed by atoms with van der Waals surface area (Å²) in [4.78, 5) is 0. The molecule has 0 aliphatic rings. The molecule has 0 radical (unpaired) electrons. The molecule has 7 heteroatoms. The summed E-state index contributed by atoms with van der Waals surface area (Å²) in [5.41, 5.74) is -1.63. The normalized spacial score (nSPS) is 11.3. The minimum absolute atomic E-state index is 0.551. The lowest BCUT2D eigenvalue weighted by molar-refractivity contribution is 0.449. The van der Waals surface area contributed by atoms with Gasteiger partial charge in [-0.15, -0.1) is 0 Å². The highest BCUT2D eigenvalue weighted by molar-refractivity contribution is 5.98. The van der Waals surface area contributed by atoms with Crippen molar-refractivity contribution in [1.82, 2.24) is 0 Å². The lowest BCUT2D eigenvalue weighted by atomic mass is 9.96. The van der Waals surface area contributed by atoms with Gasteiger partial charge in [-0.25, -0.2) is 30.7 Å². The highest BCUT2D eigenvalue weighted by atomic mass is 19.2. The smallest absolute Gasteiger partial charge is 0.195 e. The molecule has 3 aromatic rings. The lowest BCUT2D eigenvalue weighted by Crippen LogP contribution is -2.02. The van der Waals surface area contributed by atoms with Crippen molar-refractivity contribution < 1.29 is 30.7 Å². The first-order chi connectivity index (χ1) is 10.8. The van der Waals surface area contributed by atoms with Crippen molar-refractivity contribution in [3.05, 3.63) is 71.1 Å². The Hall–Kier alpha value is -2.57. The maximum Gasteiger partial charge on any atom is 0.195 e. The number of hydrogen-bond acceptors (Lipinski definition) is 0. The van der Waals surface area contributed by atoms with Gasteiger partial charge in [0.1, 0.15) is 0 Å². The molecule has 23 heavy (non-hydrogen) atoms. The third-order valence-corrected chi connectivity index (χ3v) is 3.41. The number of fused-ring (bicyclic) bond motifs is 1. The van der Waals surface area contributed by atoms with E-state index in [1.165, 1.54) is 0 Å². The van der Waals surface area contributed by atoms with Gasteiger partial charge in [0.05, 0.1) is 5.39 Å². The predicted molar refractivity (Wildman–Crippen MR) is 69.1 cm³/mol. The van der Waals surface area contributed by atoms with Crippen molar-refractivity contribution in [2.45, 2.75) is 0 Å². The molecule has 3 rings (SSSR count). The van der Waals surface area contributed by atoms with E-state index in [1.807, 2.05) is 0 Å². The molecule has 0 unspecified atom stereocenters. The molecule has 0 amide bonds. The predicted octanol–water partition coefficient (Wildman–Crippen LogP) is 5.48. The van der Waals surface area contributed by atoms with Crippen molar-refractivity contribution in [2.24, 2.45) is 0 Å². The molecule has 0 aliphatic carbocycles. The monoisotopic (exact) mass is 330 g/mol. The van der Waals surface area contributed by atoms with Crippen molar-refractivity contribution in [1.29, 1.82) is 0 Å². The van der Waals surface area contributed by atoms with Gasteiger partial charge in [0.15, 0.2) is 40.7 Å². The van der Waals surface area contributed by atoms with Crippen LogP contribution in [0.4, 0.5) is 30.7 Å². The van der Waals surface area contributed by atoms with Crippen molar-refractivity contribution >= 4 is 10.8 Å². The molecule has 118 valence electrons. The molecule has 0 aliphatic heterocycles. The molecule has 0 spiro atoms. The van der Waals surface area contributed by atoms with Crippen LogP contribution >= 0.6 is 0 Å². The average Bonchev–Trinajstić information content (AvgIpc) is 2.52.